The van der Waals surface area contributed by atoms with Crippen molar-refractivity contribution in [2.24, 2.45) is 0 Å². The number of carbonyl (C=O) groups is 1. The fraction of sp³-hybridized carbons (Fsp3) is 0.875. The lowest BCUT2D eigenvalue weighted by Gasteiger charge is -2.09. The number of rotatable bonds is 0. The Morgan fingerprint density at radius 2 is 1.27 bits per heavy atom. The molecule has 0 spiro atoms. The first-order chi connectivity index (χ1) is 5.39. The minimum Gasteiger partial charge on any atom is -0.338 e. The van der Waals surface area contributed by atoms with Gasteiger partial charge in [0, 0.05) is 13.1 Å². The first kappa shape index (κ1) is 8.37. The summed E-state index contributed by atoms with van der Waals surface area (Å²) in [5.74, 6) is 0. The second kappa shape index (κ2) is 4.99. The molecule has 2 N–H and O–H groups in total. The molecule has 1 heterocycles. The van der Waals surface area contributed by atoms with E-state index in [0.717, 1.165) is 25.9 Å². The Balaban J connectivity index is 2.17. The van der Waals surface area contributed by atoms with Crippen molar-refractivity contribution in [1.29, 1.82) is 0 Å². The Labute approximate surface area is 67.5 Å². The van der Waals surface area contributed by atoms with Crippen LogP contribution in [0.1, 0.15) is 32.1 Å². The standard InChI is InChI=1S/C8H16N2O/c11-8-9-6-4-2-1-3-5-7-10-8/h1-7H2,(H2,9,10,11). The topological polar surface area (TPSA) is 41.1 Å². The Hall–Kier alpha value is -0.730. The van der Waals surface area contributed by atoms with Gasteiger partial charge in [-0.1, -0.05) is 19.3 Å². The molecule has 0 radical (unpaired) electrons. The lowest BCUT2D eigenvalue weighted by Crippen LogP contribution is -2.36. The third-order valence-electron chi connectivity index (χ3n) is 1.92. The average molecular weight is 156 g/mol. The maximum atomic E-state index is 10.9. The SMILES string of the molecule is O=C1NCCCCCCCN1. The minimum atomic E-state index is -0.00750. The van der Waals surface area contributed by atoms with E-state index in [9.17, 15) is 4.79 Å². The molecule has 64 valence electrons. The summed E-state index contributed by atoms with van der Waals surface area (Å²) < 4.78 is 0. The lowest BCUT2D eigenvalue weighted by molar-refractivity contribution is 0.240. The van der Waals surface area contributed by atoms with Crippen LogP contribution in [-0.4, -0.2) is 19.1 Å². The predicted molar refractivity (Wildman–Crippen MR) is 44.5 cm³/mol. The molecular formula is C8H16N2O. The zero-order chi connectivity index (χ0) is 7.94. The molecule has 0 saturated carbocycles. The third kappa shape index (κ3) is 3.86. The average Bonchev–Trinajstić information content (AvgIpc) is 2.03. The van der Waals surface area contributed by atoms with E-state index in [2.05, 4.69) is 10.6 Å². The van der Waals surface area contributed by atoms with Gasteiger partial charge in [-0.3, -0.25) is 0 Å². The van der Waals surface area contributed by atoms with E-state index in [0.29, 0.717) is 0 Å². The van der Waals surface area contributed by atoms with Gasteiger partial charge in [-0.25, -0.2) is 4.79 Å². The Morgan fingerprint density at radius 1 is 0.818 bits per heavy atom. The number of hydrogen-bond acceptors (Lipinski definition) is 1. The highest BCUT2D eigenvalue weighted by Crippen LogP contribution is 2.02. The number of hydrogen-bond donors (Lipinski definition) is 2. The van der Waals surface area contributed by atoms with Crippen LogP contribution in [0.2, 0.25) is 0 Å². The second-order valence-corrected chi connectivity index (χ2v) is 2.95. The van der Waals surface area contributed by atoms with Crippen molar-refractivity contribution in [3.05, 3.63) is 0 Å². The molecule has 0 aromatic heterocycles. The van der Waals surface area contributed by atoms with Crippen LogP contribution in [-0.2, 0) is 0 Å². The molecule has 0 aromatic carbocycles. The first-order valence-corrected chi connectivity index (χ1v) is 4.41. The number of nitrogens with one attached hydrogen (secondary N) is 2. The van der Waals surface area contributed by atoms with Crippen LogP contribution in [0.5, 0.6) is 0 Å². The highest BCUT2D eigenvalue weighted by atomic mass is 16.2. The molecule has 0 unspecified atom stereocenters. The van der Waals surface area contributed by atoms with E-state index in [-0.39, 0.29) is 6.03 Å². The third-order valence-corrected chi connectivity index (χ3v) is 1.92. The molecule has 1 aliphatic heterocycles. The van der Waals surface area contributed by atoms with Crippen molar-refractivity contribution in [3.8, 4) is 0 Å². The van der Waals surface area contributed by atoms with Crippen LogP contribution in [0.4, 0.5) is 4.79 Å². The van der Waals surface area contributed by atoms with Gasteiger partial charge in [-0.2, -0.15) is 0 Å². The van der Waals surface area contributed by atoms with Gasteiger partial charge in [0.2, 0.25) is 0 Å². The zero-order valence-corrected chi connectivity index (χ0v) is 6.86. The van der Waals surface area contributed by atoms with Gasteiger partial charge in [0.25, 0.3) is 0 Å². The molecule has 3 nitrogen and oxygen atoms in total. The smallest absolute Gasteiger partial charge is 0.314 e. The molecule has 1 fully saturated rings. The fourth-order valence-electron chi connectivity index (χ4n) is 1.25. The molecule has 0 aliphatic carbocycles. The van der Waals surface area contributed by atoms with E-state index in [1.807, 2.05) is 0 Å². The van der Waals surface area contributed by atoms with E-state index in [1.54, 1.807) is 0 Å². The van der Waals surface area contributed by atoms with Gasteiger partial charge in [-0.05, 0) is 12.8 Å². The number of carbonyl (C=O) groups excluding carboxylic acids is 1. The molecule has 0 bridgehead atoms. The maximum Gasteiger partial charge on any atom is 0.314 e. The zero-order valence-electron chi connectivity index (χ0n) is 6.86. The second-order valence-electron chi connectivity index (χ2n) is 2.95. The largest absolute Gasteiger partial charge is 0.338 e. The highest BCUT2D eigenvalue weighted by Gasteiger charge is 2.00. The lowest BCUT2D eigenvalue weighted by atomic mass is 10.1. The summed E-state index contributed by atoms with van der Waals surface area (Å²) in [6, 6.07) is -0.00750. The summed E-state index contributed by atoms with van der Waals surface area (Å²) in [7, 11) is 0. The van der Waals surface area contributed by atoms with Crippen LogP contribution >= 0.6 is 0 Å². The maximum absolute atomic E-state index is 10.9. The van der Waals surface area contributed by atoms with Crippen LogP contribution in [0.3, 0.4) is 0 Å². The Kier molecular flexibility index (Phi) is 3.80. The van der Waals surface area contributed by atoms with Crippen molar-refractivity contribution < 1.29 is 4.79 Å². The van der Waals surface area contributed by atoms with Crippen molar-refractivity contribution in [2.75, 3.05) is 13.1 Å². The van der Waals surface area contributed by atoms with Gasteiger partial charge < -0.3 is 10.6 Å². The Morgan fingerprint density at radius 3 is 1.82 bits per heavy atom. The van der Waals surface area contributed by atoms with Gasteiger partial charge in [0.1, 0.15) is 0 Å². The normalized spacial score (nSPS) is 21.6. The van der Waals surface area contributed by atoms with Crippen LogP contribution in [0.25, 0.3) is 0 Å². The predicted octanol–water partition coefficient (Wildman–Crippen LogP) is 1.25. The van der Waals surface area contributed by atoms with Gasteiger partial charge in [-0.15, -0.1) is 0 Å². The molecule has 1 saturated heterocycles. The Bertz CT molecular complexity index is 113. The minimum absolute atomic E-state index is 0.00750. The van der Waals surface area contributed by atoms with E-state index >= 15 is 0 Å². The molecule has 1 rings (SSSR count). The summed E-state index contributed by atoms with van der Waals surface area (Å²) in [6.45, 7) is 1.65. The summed E-state index contributed by atoms with van der Waals surface area (Å²) >= 11 is 0. The first-order valence-electron chi connectivity index (χ1n) is 4.41. The quantitative estimate of drug-likeness (QED) is 0.544. The van der Waals surface area contributed by atoms with Crippen molar-refractivity contribution >= 4 is 6.03 Å². The van der Waals surface area contributed by atoms with Crippen LogP contribution < -0.4 is 10.6 Å². The molecule has 1 aliphatic rings. The van der Waals surface area contributed by atoms with E-state index in [1.165, 1.54) is 19.3 Å². The van der Waals surface area contributed by atoms with E-state index < -0.39 is 0 Å². The molecule has 3 heteroatoms. The molecule has 0 atom stereocenters. The molecule has 11 heavy (non-hydrogen) atoms. The van der Waals surface area contributed by atoms with Crippen molar-refractivity contribution in [1.82, 2.24) is 10.6 Å². The van der Waals surface area contributed by atoms with Gasteiger partial charge in [0.05, 0.1) is 0 Å². The summed E-state index contributed by atoms with van der Waals surface area (Å²) in [5.41, 5.74) is 0. The van der Waals surface area contributed by atoms with Crippen molar-refractivity contribution in [3.63, 3.8) is 0 Å². The van der Waals surface area contributed by atoms with Crippen molar-refractivity contribution in [2.45, 2.75) is 32.1 Å². The molecular weight excluding hydrogens is 140 g/mol. The molecule has 0 aromatic rings. The number of urea groups is 1. The summed E-state index contributed by atoms with van der Waals surface area (Å²) in [4.78, 5) is 10.9. The monoisotopic (exact) mass is 156 g/mol. The summed E-state index contributed by atoms with van der Waals surface area (Å²) in [5, 5.41) is 5.60. The highest BCUT2D eigenvalue weighted by molar-refractivity contribution is 5.73. The van der Waals surface area contributed by atoms with Crippen LogP contribution in [0.15, 0.2) is 0 Å². The van der Waals surface area contributed by atoms with Gasteiger partial charge in [0.15, 0.2) is 0 Å². The number of amides is 2. The van der Waals surface area contributed by atoms with E-state index in [4.69, 9.17) is 0 Å². The summed E-state index contributed by atoms with van der Waals surface area (Å²) in [6.07, 6.45) is 6.04. The fourth-order valence-corrected chi connectivity index (χ4v) is 1.25. The van der Waals surface area contributed by atoms with Gasteiger partial charge >= 0.3 is 6.03 Å². The molecule has 2 amide bonds. The van der Waals surface area contributed by atoms with Crippen LogP contribution in [0, 0.1) is 0 Å².